The summed E-state index contributed by atoms with van der Waals surface area (Å²) in [5, 5.41) is 0.842. The highest BCUT2D eigenvalue weighted by molar-refractivity contribution is 7.80. The molecule has 0 fully saturated rings. The third-order valence-electron chi connectivity index (χ3n) is 7.17. The highest BCUT2D eigenvalue weighted by Crippen LogP contribution is 2.63. The molecule has 0 heterocycles. The zero-order valence-corrected chi connectivity index (χ0v) is 22.7. The number of fused-ring (bicyclic) bond motifs is 10. The lowest BCUT2D eigenvalue weighted by Crippen LogP contribution is -2.27. The SMILES string of the molecule is CN(C)C(=S)Oc1ccc2c(c1)C1(c3ccccc3-2)c2ccccc2-c2ccc(OC(=S)N(C)C)cc21. The van der Waals surface area contributed by atoms with E-state index in [4.69, 9.17) is 33.9 Å². The summed E-state index contributed by atoms with van der Waals surface area (Å²) >= 11 is 10.9. The van der Waals surface area contributed by atoms with Crippen LogP contribution >= 0.6 is 24.4 Å². The second kappa shape index (κ2) is 8.68. The van der Waals surface area contributed by atoms with Crippen LogP contribution in [-0.2, 0) is 5.41 Å². The van der Waals surface area contributed by atoms with Crippen LogP contribution in [0.4, 0.5) is 0 Å². The van der Waals surface area contributed by atoms with Gasteiger partial charge in [-0.25, -0.2) is 0 Å². The summed E-state index contributed by atoms with van der Waals surface area (Å²) < 4.78 is 12.2. The molecule has 0 amide bonds. The predicted molar refractivity (Wildman–Crippen MR) is 157 cm³/mol. The summed E-state index contributed by atoms with van der Waals surface area (Å²) in [6, 6.07) is 29.9. The molecule has 0 saturated heterocycles. The second-order valence-corrected chi connectivity index (χ2v) is 10.5. The van der Waals surface area contributed by atoms with Gasteiger partial charge in [0.05, 0.1) is 5.41 Å². The first-order chi connectivity index (χ1) is 17.8. The van der Waals surface area contributed by atoms with Crippen molar-refractivity contribution in [2.24, 2.45) is 0 Å². The van der Waals surface area contributed by atoms with Gasteiger partial charge in [-0.1, -0.05) is 60.7 Å². The van der Waals surface area contributed by atoms with E-state index >= 15 is 0 Å². The Labute approximate surface area is 228 Å². The lowest BCUT2D eigenvalue weighted by atomic mass is 9.70. The van der Waals surface area contributed by atoms with Gasteiger partial charge in [0.25, 0.3) is 10.3 Å². The second-order valence-electron chi connectivity index (χ2n) is 9.78. The molecule has 2 aliphatic rings. The number of nitrogens with zero attached hydrogens (tertiary/aromatic N) is 2. The van der Waals surface area contributed by atoms with E-state index in [-0.39, 0.29) is 0 Å². The highest BCUT2D eigenvalue weighted by atomic mass is 32.1. The van der Waals surface area contributed by atoms with Crippen molar-refractivity contribution in [3.8, 4) is 33.8 Å². The van der Waals surface area contributed by atoms with Crippen molar-refractivity contribution in [1.29, 1.82) is 0 Å². The Balaban J connectivity index is 1.64. The van der Waals surface area contributed by atoms with Crippen molar-refractivity contribution in [3.05, 3.63) is 107 Å². The monoisotopic (exact) mass is 522 g/mol. The van der Waals surface area contributed by atoms with E-state index in [1.165, 1.54) is 44.5 Å². The zero-order chi connectivity index (χ0) is 25.9. The molecule has 37 heavy (non-hydrogen) atoms. The quantitative estimate of drug-likeness (QED) is 0.241. The molecule has 0 unspecified atom stereocenters. The Hall–Kier alpha value is -3.74. The maximum atomic E-state index is 6.09. The average molecular weight is 523 g/mol. The Morgan fingerprint density at radius 2 is 0.919 bits per heavy atom. The fraction of sp³-hybridized carbons (Fsp3) is 0.161. The molecule has 4 aromatic rings. The summed E-state index contributed by atoms with van der Waals surface area (Å²) in [7, 11) is 7.54. The third kappa shape index (κ3) is 3.47. The first kappa shape index (κ1) is 23.6. The molecule has 0 atom stereocenters. The minimum absolute atomic E-state index is 0.421. The van der Waals surface area contributed by atoms with Crippen molar-refractivity contribution in [3.63, 3.8) is 0 Å². The van der Waals surface area contributed by atoms with Crippen LogP contribution in [0.5, 0.6) is 11.5 Å². The molecule has 0 saturated carbocycles. The standard InChI is InChI=1S/C31H26N2O2S2/c1-32(2)29(36)34-19-13-15-23-21-9-5-7-11-25(21)31(27(23)17-19)26-12-8-6-10-22(26)24-16-14-20(18-28(24)31)35-30(37)33(3)4/h5-18H,1-4H3. The van der Waals surface area contributed by atoms with E-state index < -0.39 is 5.41 Å². The molecule has 0 N–H and O–H groups in total. The normalized spacial score (nSPS) is 13.3. The van der Waals surface area contributed by atoms with Gasteiger partial charge in [0, 0.05) is 28.2 Å². The largest absolute Gasteiger partial charge is 0.432 e. The van der Waals surface area contributed by atoms with Gasteiger partial charge in [0.15, 0.2) is 0 Å². The van der Waals surface area contributed by atoms with E-state index in [1.807, 2.05) is 40.3 Å². The van der Waals surface area contributed by atoms with Crippen LogP contribution in [-0.4, -0.2) is 48.3 Å². The summed E-state index contributed by atoms with van der Waals surface area (Å²) in [6.45, 7) is 0. The first-order valence-electron chi connectivity index (χ1n) is 12.1. The van der Waals surface area contributed by atoms with Gasteiger partial charge in [0.1, 0.15) is 11.5 Å². The molecular weight excluding hydrogens is 496 g/mol. The predicted octanol–water partition coefficient (Wildman–Crippen LogP) is 6.48. The maximum Gasteiger partial charge on any atom is 0.264 e. The molecule has 184 valence electrons. The Morgan fingerprint density at radius 1 is 0.541 bits per heavy atom. The van der Waals surface area contributed by atoms with Crippen molar-refractivity contribution >= 4 is 34.8 Å². The zero-order valence-electron chi connectivity index (χ0n) is 21.1. The molecule has 4 nitrogen and oxygen atoms in total. The van der Waals surface area contributed by atoms with Crippen LogP contribution in [0.15, 0.2) is 84.9 Å². The van der Waals surface area contributed by atoms with E-state index in [2.05, 4.69) is 72.8 Å². The lowest BCUT2D eigenvalue weighted by molar-refractivity contribution is 0.448. The molecule has 0 radical (unpaired) electrons. The molecule has 1 spiro atoms. The van der Waals surface area contributed by atoms with Crippen molar-refractivity contribution in [2.45, 2.75) is 5.41 Å². The van der Waals surface area contributed by atoms with Gasteiger partial charge in [-0.3, -0.25) is 0 Å². The van der Waals surface area contributed by atoms with Crippen LogP contribution in [0.25, 0.3) is 22.3 Å². The molecule has 0 aromatic heterocycles. The van der Waals surface area contributed by atoms with Gasteiger partial charge in [-0.05, 0) is 93.2 Å². The molecular formula is C31H26N2O2S2. The first-order valence-corrected chi connectivity index (χ1v) is 12.9. The van der Waals surface area contributed by atoms with Crippen LogP contribution in [0.1, 0.15) is 22.3 Å². The van der Waals surface area contributed by atoms with E-state index in [0.29, 0.717) is 10.3 Å². The number of benzene rings is 4. The number of rotatable bonds is 2. The van der Waals surface area contributed by atoms with Crippen molar-refractivity contribution in [1.82, 2.24) is 9.80 Å². The summed E-state index contributed by atoms with van der Waals surface area (Å²) in [5.41, 5.74) is 9.14. The fourth-order valence-corrected chi connectivity index (χ4v) is 5.80. The smallest absolute Gasteiger partial charge is 0.264 e. The number of hydrogen-bond acceptors (Lipinski definition) is 4. The molecule has 6 heteroatoms. The molecule has 4 aromatic carbocycles. The fourth-order valence-electron chi connectivity index (χ4n) is 5.61. The molecule has 2 aliphatic carbocycles. The minimum atomic E-state index is -0.518. The minimum Gasteiger partial charge on any atom is -0.432 e. The van der Waals surface area contributed by atoms with E-state index in [0.717, 1.165) is 11.5 Å². The lowest BCUT2D eigenvalue weighted by Gasteiger charge is -2.31. The van der Waals surface area contributed by atoms with E-state index in [9.17, 15) is 0 Å². The maximum absolute atomic E-state index is 6.09. The van der Waals surface area contributed by atoms with Gasteiger partial charge >= 0.3 is 0 Å². The van der Waals surface area contributed by atoms with Crippen LogP contribution in [0, 0.1) is 0 Å². The molecule has 6 rings (SSSR count). The summed E-state index contributed by atoms with van der Waals surface area (Å²) in [5.74, 6) is 1.44. The number of hydrogen-bond donors (Lipinski definition) is 0. The van der Waals surface area contributed by atoms with Crippen LogP contribution in [0.3, 0.4) is 0 Å². The Bertz CT molecular complexity index is 1470. The Kier molecular flexibility index (Phi) is 5.55. The molecule has 0 bridgehead atoms. The van der Waals surface area contributed by atoms with Crippen LogP contribution in [0.2, 0.25) is 0 Å². The number of thiocarbonyl (C=S) groups is 2. The van der Waals surface area contributed by atoms with Gasteiger partial charge in [-0.2, -0.15) is 0 Å². The summed E-state index contributed by atoms with van der Waals surface area (Å²) in [6.07, 6.45) is 0. The number of ether oxygens (including phenoxy) is 2. The highest BCUT2D eigenvalue weighted by Gasteiger charge is 2.52. The third-order valence-corrected chi connectivity index (χ3v) is 8.07. The van der Waals surface area contributed by atoms with Crippen molar-refractivity contribution < 1.29 is 9.47 Å². The van der Waals surface area contributed by atoms with Gasteiger partial charge < -0.3 is 19.3 Å². The Morgan fingerprint density at radius 3 is 1.32 bits per heavy atom. The van der Waals surface area contributed by atoms with Crippen LogP contribution < -0.4 is 9.47 Å². The van der Waals surface area contributed by atoms with Crippen molar-refractivity contribution in [2.75, 3.05) is 28.2 Å². The van der Waals surface area contributed by atoms with E-state index in [1.54, 1.807) is 9.80 Å². The van der Waals surface area contributed by atoms with Gasteiger partial charge in [0.2, 0.25) is 0 Å². The topological polar surface area (TPSA) is 24.9 Å². The van der Waals surface area contributed by atoms with Gasteiger partial charge in [-0.15, -0.1) is 0 Å². The average Bonchev–Trinajstić information content (AvgIpc) is 3.35. The summed E-state index contributed by atoms with van der Waals surface area (Å²) in [4.78, 5) is 3.59. The molecule has 0 aliphatic heterocycles.